The standard InChI is InChI=1S/C15H16BrF/c1-2-9-15(16)10-8-13(14(17)11-15)12-6-4-3-5-7-12/h3-8,11H,2,9-10H2,1H3. The fourth-order valence-corrected chi connectivity index (χ4v) is 2.96. The van der Waals surface area contributed by atoms with Gasteiger partial charge in [-0.05, 0) is 24.5 Å². The van der Waals surface area contributed by atoms with Crippen LogP contribution in [0.25, 0.3) is 5.57 Å². The van der Waals surface area contributed by atoms with Crippen LogP contribution in [0.4, 0.5) is 4.39 Å². The van der Waals surface area contributed by atoms with Gasteiger partial charge in [0.25, 0.3) is 0 Å². The molecule has 0 N–H and O–H groups in total. The lowest BCUT2D eigenvalue weighted by Crippen LogP contribution is -2.19. The van der Waals surface area contributed by atoms with E-state index >= 15 is 0 Å². The zero-order valence-corrected chi connectivity index (χ0v) is 11.5. The van der Waals surface area contributed by atoms with Crippen molar-refractivity contribution in [3.8, 4) is 0 Å². The summed E-state index contributed by atoms with van der Waals surface area (Å²) < 4.78 is 13.9. The predicted octanol–water partition coefficient (Wildman–Crippen LogP) is 5.26. The smallest absolute Gasteiger partial charge is 0.128 e. The van der Waals surface area contributed by atoms with Crippen molar-refractivity contribution in [3.63, 3.8) is 0 Å². The highest BCUT2D eigenvalue weighted by molar-refractivity contribution is 9.10. The molecular weight excluding hydrogens is 279 g/mol. The molecule has 1 aromatic rings. The third-order valence-electron chi connectivity index (χ3n) is 3.04. The number of rotatable bonds is 3. The van der Waals surface area contributed by atoms with Crippen molar-refractivity contribution in [2.24, 2.45) is 0 Å². The number of allylic oxidation sites excluding steroid dienone is 4. The van der Waals surface area contributed by atoms with E-state index in [1.54, 1.807) is 6.08 Å². The highest BCUT2D eigenvalue weighted by atomic mass is 79.9. The van der Waals surface area contributed by atoms with E-state index < -0.39 is 0 Å². The average Bonchev–Trinajstić information content (AvgIpc) is 2.30. The highest BCUT2D eigenvalue weighted by Crippen LogP contribution is 2.40. The number of benzene rings is 1. The van der Waals surface area contributed by atoms with E-state index in [1.807, 2.05) is 36.4 Å². The molecule has 0 aliphatic heterocycles. The molecule has 1 aromatic carbocycles. The fraction of sp³-hybridized carbons (Fsp3) is 0.333. The molecular formula is C15H16BrF. The van der Waals surface area contributed by atoms with Gasteiger partial charge in [-0.25, -0.2) is 4.39 Å². The molecule has 0 fully saturated rings. The highest BCUT2D eigenvalue weighted by Gasteiger charge is 2.28. The van der Waals surface area contributed by atoms with E-state index in [0.29, 0.717) is 0 Å². The molecule has 0 nitrogen and oxygen atoms in total. The number of hydrogen-bond donors (Lipinski definition) is 0. The predicted molar refractivity (Wildman–Crippen MR) is 74.8 cm³/mol. The molecule has 17 heavy (non-hydrogen) atoms. The lowest BCUT2D eigenvalue weighted by Gasteiger charge is -2.26. The van der Waals surface area contributed by atoms with E-state index in [-0.39, 0.29) is 10.2 Å². The topological polar surface area (TPSA) is 0 Å². The van der Waals surface area contributed by atoms with Gasteiger partial charge in [0.2, 0.25) is 0 Å². The van der Waals surface area contributed by atoms with Crippen LogP contribution in [-0.2, 0) is 0 Å². The molecule has 0 amide bonds. The normalized spacial score (nSPS) is 24.2. The maximum atomic E-state index is 14.1. The molecule has 0 bridgehead atoms. The van der Waals surface area contributed by atoms with Crippen LogP contribution in [0.2, 0.25) is 0 Å². The zero-order chi connectivity index (χ0) is 12.3. The van der Waals surface area contributed by atoms with Gasteiger partial charge in [0.05, 0.1) is 4.32 Å². The van der Waals surface area contributed by atoms with Crippen LogP contribution in [0, 0.1) is 0 Å². The lowest BCUT2D eigenvalue weighted by molar-refractivity contribution is 0.597. The Morgan fingerprint density at radius 1 is 1.29 bits per heavy atom. The summed E-state index contributed by atoms with van der Waals surface area (Å²) in [7, 11) is 0. The largest absolute Gasteiger partial charge is 0.207 e. The van der Waals surface area contributed by atoms with Crippen LogP contribution >= 0.6 is 15.9 Å². The second kappa shape index (κ2) is 5.18. The molecule has 2 heteroatoms. The molecule has 0 saturated heterocycles. The van der Waals surface area contributed by atoms with Gasteiger partial charge in [-0.2, -0.15) is 0 Å². The van der Waals surface area contributed by atoms with E-state index in [1.165, 1.54) is 0 Å². The minimum Gasteiger partial charge on any atom is -0.207 e. The minimum absolute atomic E-state index is 0.118. The summed E-state index contributed by atoms with van der Waals surface area (Å²) in [6.07, 6.45) is 6.56. The zero-order valence-electron chi connectivity index (χ0n) is 9.92. The van der Waals surface area contributed by atoms with Crippen molar-refractivity contribution in [2.45, 2.75) is 30.5 Å². The van der Waals surface area contributed by atoms with E-state index in [4.69, 9.17) is 0 Å². The Labute approximate surface area is 110 Å². The fourth-order valence-electron chi connectivity index (χ4n) is 2.20. The first kappa shape index (κ1) is 12.6. The summed E-state index contributed by atoms with van der Waals surface area (Å²) in [6.45, 7) is 2.12. The van der Waals surface area contributed by atoms with Gasteiger partial charge in [-0.1, -0.05) is 65.7 Å². The molecule has 0 spiro atoms. The van der Waals surface area contributed by atoms with Gasteiger partial charge in [-0.3, -0.25) is 0 Å². The molecule has 0 radical (unpaired) electrons. The van der Waals surface area contributed by atoms with Crippen LogP contribution in [-0.4, -0.2) is 4.32 Å². The summed E-state index contributed by atoms with van der Waals surface area (Å²) in [6, 6.07) is 9.71. The van der Waals surface area contributed by atoms with Crippen molar-refractivity contribution in [1.29, 1.82) is 0 Å². The number of hydrogen-bond acceptors (Lipinski definition) is 0. The average molecular weight is 295 g/mol. The summed E-state index contributed by atoms with van der Waals surface area (Å²) in [5.41, 5.74) is 1.67. The Bertz CT molecular complexity index is 447. The van der Waals surface area contributed by atoms with Crippen LogP contribution < -0.4 is 0 Å². The maximum absolute atomic E-state index is 14.1. The maximum Gasteiger partial charge on any atom is 0.128 e. The Balaban J connectivity index is 2.25. The molecule has 0 saturated carbocycles. The molecule has 2 rings (SSSR count). The second-order valence-corrected chi connectivity index (χ2v) is 6.04. The monoisotopic (exact) mass is 294 g/mol. The summed E-state index contributed by atoms with van der Waals surface area (Å²) in [5, 5.41) is 0. The molecule has 1 aliphatic carbocycles. The van der Waals surface area contributed by atoms with Crippen molar-refractivity contribution >= 4 is 21.5 Å². The Morgan fingerprint density at radius 2 is 2.00 bits per heavy atom. The molecule has 0 heterocycles. The van der Waals surface area contributed by atoms with Crippen LogP contribution in [0.1, 0.15) is 31.7 Å². The summed E-state index contributed by atoms with van der Waals surface area (Å²) in [4.78, 5) is 0. The van der Waals surface area contributed by atoms with Crippen LogP contribution in [0.5, 0.6) is 0 Å². The molecule has 90 valence electrons. The quantitative estimate of drug-likeness (QED) is 0.667. The van der Waals surface area contributed by atoms with Crippen molar-refractivity contribution in [3.05, 3.63) is 53.9 Å². The molecule has 1 atom stereocenters. The SMILES string of the molecule is CCCC1(Br)C=C(F)C(c2ccccc2)=CC1. The minimum atomic E-state index is -0.190. The van der Waals surface area contributed by atoms with Crippen molar-refractivity contribution in [2.75, 3.05) is 0 Å². The van der Waals surface area contributed by atoms with E-state index in [9.17, 15) is 4.39 Å². The van der Waals surface area contributed by atoms with Gasteiger partial charge in [-0.15, -0.1) is 0 Å². The first-order valence-corrected chi connectivity index (χ1v) is 6.77. The molecule has 1 unspecified atom stereocenters. The van der Waals surface area contributed by atoms with Gasteiger partial charge < -0.3 is 0 Å². The summed E-state index contributed by atoms with van der Waals surface area (Å²) in [5.74, 6) is -0.118. The van der Waals surface area contributed by atoms with E-state index in [0.717, 1.165) is 30.4 Å². The van der Waals surface area contributed by atoms with Crippen molar-refractivity contribution < 1.29 is 4.39 Å². The van der Waals surface area contributed by atoms with Crippen LogP contribution in [0.3, 0.4) is 0 Å². The van der Waals surface area contributed by atoms with Gasteiger partial charge in [0.15, 0.2) is 0 Å². The van der Waals surface area contributed by atoms with Gasteiger partial charge in [0.1, 0.15) is 5.83 Å². The first-order chi connectivity index (χ1) is 8.14. The number of halogens is 2. The molecule has 1 aliphatic rings. The van der Waals surface area contributed by atoms with Crippen molar-refractivity contribution in [1.82, 2.24) is 0 Å². The Kier molecular flexibility index (Phi) is 3.82. The van der Waals surface area contributed by atoms with Gasteiger partial charge >= 0.3 is 0 Å². The third kappa shape index (κ3) is 2.86. The molecule has 0 aromatic heterocycles. The Hall–Kier alpha value is -0.890. The second-order valence-electron chi connectivity index (χ2n) is 4.46. The third-order valence-corrected chi connectivity index (χ3v) is 3.99. The van der Waals surface area contributed by atoms with Crippen LogP contribution in [0.15, 0.2) is 48.3 Å². The van der Waals surface area contributed by atoms with Gasteiger partial charge in [0, 0.05) is 5.57 Å². The Morgan fingerprint density at radius 3 is 2.59 bits per heavy atom. The summed E-state index contributed by atoms with van der Waals surface area (Å²) >= 11 is 3.64. The number of alkyl halides is 1. The lowest BCUT2D eigenvalue weighted by atomic mass is 9.89. The first-order valence-electron chi connectivity index (χ1n) is 5.98. The van der Waals surface area contributed by atoms with E-state index in [2.05, 4.69) is 22.9 Å².